The molecule has 0 amide bonds. The van der Waals surface area contributed by atoms with Crippen LogP contribution in [0.1, 0.15) is 32.8 Å². The Hall–Kier alpha value is -1.22. The first-order valence-electron chi connectivity index (χ1n) is 8.29. The normalized spacial score (nSPS) is 21.1. The van der Waals surface area contributed by atoms with Crippen molar-refractivity contribution in [3.05, 3.63) is 68.7 Å². The van der Waals surface area contributed by atoms with Gasteiger partial charge >= 0.3 is 0 Å². The average Bonchev–Trinajstić information content (AvgIpc) is 2.93. The van der Waals surface area contributed by atoms with E-state index in [2.05, 4.69) is 18.4 Å². The van der Waals surface area contributed by atoms with Crippen LogP contribution in [0.3, 0.4) is 0 Å². The largest absolute Gasteiger partial charge is 0.353 e. The van der Waals surface area contributed by atoms with Gasteiger partial charge in [-0.15, -0.1) is 0 Å². The summed E-state index contributed by atoms with van der Waals surface area (Å²) in [6.07, 6.45) is 6.80. The van der Waals surface area contributed by atoms with Crippen molar-refractivity contribution in [3.63, 3.8) is 0 Å². The van der Waals surface area contributed by atoms with Gasteiger partial charge in [0.2, 0.25) is 0 Å². The molecule has 0 radical (unpaired) electrons. The van der Waals surface area contributed by atoms with Crippen LogP contribution in [-0.2, 0) is 6.54 Å². The predicted octanol–water partition coefficient (Wildman–Crippen LogP) is 6.63. The standard InChI is InChI=1S/C20H23Cl3N2/c1-5-15(17(22)9-13(3)4)20-19(6-2)25(12-24-20)11-14-7-8-16(21)18(23)10-14/h5,7-10,12,19-20H,3,6,11H2,1-2,4H3/b15-5+,17-9+. The minimum atomic E-state index is 0.0147. The molecule has 0 spiro atoms. The Balaban J connectivity index is 2.21. The fraction of sp³-hybridized carbons (Fsp3) is 0.350. The van der Waals surface area contributed by atoms with Crippen LogP contribution >= 0.6 is 34.8 Å². The third kappa shape index (κ3) is 4.91. The van der Waals surface area contributed by atoms with E-state index in [1.165, 1.54) is 0 Å². The Bertz CT molecular complexity index is 734. The maximum Gasteiger partial charge on any atom is 0.0980 e. The van der Waals surface area contributed by atoms with Gasteiger partial charge in [-0.25, -0.2) is 0 Å². The third-order valence-electron chi connectivity index (χ3n) is 4.21. The summed E-state index contributed by atoms with van der Waals surface area (Å²) in [7, 11) is 0. The molecule has 2 nitrogen and oxygen atoms in total. The molecular weight excluding hydrogens is 375 g/mol. The molecule has 25 heavy (non-hydrogen) atoms. The quantitative estimate of drug-likeness (QED) is 0.492. The van der Waals surface area contributed by atoms with E-state index in [4.69, 9.17) is 39.8 Å². The van der Waals surface area contributed by atoms with E-state index in [1.807, 2.05) is 50.5 Å². The van der Waals surface area contributed by atoms with Crippen molar-refractivity contribution in [3.8, 4) is 0 Å². The molecule has 134 valence electrons. The van der Waals surface area contributed by atoms with Gasteiger partial charge in [0, 0.05) is 11.6 Å². The number of nitrogens with zero attached hydrogens (tertiary/aromatic N) is 2. The van der Waals surface area contributed by atoms with Gasteiger partial charge < -0.3 is 4.90 Å². The van der Waals surface area contributed by atoms with Crippen LogP contribution in [0.4, 0.5) is 0 Å². The van der Waals surface area contributed by atoms with Crippen molar-refractivity contribution in [2.24, 2.45) is 4.99 Å². The highest BCUT2D eigenvalue weighted by Gasteiger charge is 2.32. The topological polar surface area (TPSA) is 15.6 Å². The fourth-order valence-electron chi connectivity index (χ4n) is 3.03. The Morgan fingerprint density at radius 3 is 2.60 bits per heavy atom. The minimum Gasteiger partial charge on any atom is -0.353 e. The molecule has 1 aromatic carbocycles. The first kappa shape index (κ1) is 20.1. The Kier molecular flexibility index (Phi) is 7.18. The lowest BCUT2D eigenvalue weighted by Gasteiger charge is -2.28. The number of rotatable bonds is 6. The molecule has 0 aromatic heterocycles. The van der Waals surface area contributed by atoms with Gasteiger partial charge in [-0.1, -0.05) is 66.0 Å². The van der Waals surface area contributed by atoms with E-state index < -0.39 is 0 Å². The van der Waals surface area contributed by atoms with Gasteiger partial charge in [-0.2, -0.15) is 0 Å². The zero-order valence-electron chi connectivity index (χ0n) is 14.8. The Morgan fingerprint density at radius 1 is 1.32 bits per heavy atom. The number of aliphatic imine (C=N–C) groups is 1. The lowest BCUT2D eigenvalue weighted by molar-refractivity contribution is 0.309. The number of allylic oxidation sites excluding steroid dienone is 3. The maximum atomic E-state index is 6.50. The highest BCUT2D eigenvalue weighted by Crippen LogP contribution is 2.31. The average molecular weight is 398 g/mol. The van der Waals surface area contributed by atoms with E-state index in [-0.39, 0.29) is 12.1 Å². The molecule has 1 aromatic rings. The highest BCUT2D eigenvalue weighted by molar-refractivity contribution is 6.42. The first-order valence-corrected chi connectivity index (χ1v) is 9.43. The van der Waals surface area contributed by atoms with Crippen molar-refractivity contribution >= 4 is 41.1 Å². The van der Waals surface area contributed by atoms with Gasteiger partial charge in [0.25, 0.3) is 0 Å². The summed E-state index contributed by atoms with van der Waals surface area (Å²) in [4.78, 5) is 6.96. The molecule has 0 bridgehead atoms. The lowest BCUT2D eigenvalue weighted by Crippen LogP contribution is -2.36. The monoisotopic (exact) mass is 396 g/mol. The molecule has 1 heterocycles. The molecule has 5 heteroatoms. The fourth-order valence-corrected chi connectivity index (χ4v) is 3.75. The summed E-state index contributed by atoms with van der Waals surface area (Å²) in [6.45, 7) is 10.7. The summed E-state index contributed by atoms with van der Waals surface area (Å²) in [5.41, 5.74) is 3.06. The van der Waals surface area contributed by atoms with E-state index in [0.717, 1.165) is 29.7 Å². The van der Waals surface area contributed by atoms with Gasteiger partial charge in [-0.05, 0) is 49.6 Å². The van der Waals surface area contributed by atoms with Crippen molar-refractivity contribution in [1.82, 2.24) is 4.90 Å². The van der Waals surface area contributed by atoms with Crippen molar-refractivity contribution in [2.75, 3.05) is 0 Å². The molecule has 0 saturated heterocycles. The molecule has 2 unspecified atom stereocenters. The smallest absolute Gasteiger partial charge is 0.0980 e. The maximum absolute atomic E-state index is 6.50. The van der Waals surface area contributed by atoms with Crippen molar-refractivity contribution in [2.45, 2.75) is 45.8 Å². The molecule has 2 rings (SSSR count). The molecule has 1 aliphatic heterocycles. The second kappa shape index (κ2) is 8.93. The zero-order chi connectivity index (χ0) is 18.6. The van der Waals surface area contributed by atoms with Crippen LogP contribution in [0, 0.1) is 0 Å². The third-order valence-corrected chi connectivity index (χ3v) is 5.28. The molecule has 0 aliphatic carbocycles. The van der Waals surface area contributed by atoms with Gasteiger partial charge in [0.15, 0.2) is 0 Å². The first-order chi connectivity index (χ1) is 11.9. The SMILES string of the molecule is C=C(C)/C=C(Cl)\C(=C/C)C1N=CN(Cc2ccc(Cl)c(Cl)c2)C1CC. The summed E-state index contributed by atoms with van der Waals surface area (Å²) in [5, 5.41) is 1.84. The van der Waals surface area contributed by atoms with Crippen LogP contribution in [0.15, 0.2) is 58.1 Å². The van der Waals surface area contributed by atoms with Gasteiger partial charge in [0.05, 0.1) is 28.5 Å². The van der Waals surface area contributed by atoms with Gasteiger partial charge in [0.1, 0.15) is 0 Å². The summed E-state index contributed by atoms with van der Waals surface area (Å²) < 4.78 is 0. The highest BCUT2D eigenvalue weighted by atomic mass is 35.5. The number of benzene rings is 1. The molecule has 1 aliphatic rings. The second-order valence-corrected chi connectivity index (χ2v) is 7.41. The molecule has 0 N–H and O–H groups in total. The van der Waals surface area contributed by atoms with Crippen LogP contribution in [0.2, 0.25) is 10.0 Å². The molecule has 0 fully saturated rings. The van der Waals surface area contributed by atoms with Crippen molar-refractivity contribution in [1.29, 1.82) is 0 Å². The van der Waals surface area contributed by atoms with Crippen LogP contribution in [-0.4, -0.2) is 23.3 Å². The second-order valence-electron chi connectivity index (χ2n) is 6.19. The molecular formula is C20H23Cl3N2. The summed E-state index contributed by atoms with van der Waals surface area (Å²) in [5.74, 6) is 0. The van der Waals surface area contributed by atoms with Crippen LogP contribution in [0.5, 0.6) is 0 Å². The van der Waals surface area contributed by atoms with Gasteiger partial charge in [-0.3, -0.25) is 4.99 Å². The predicted molar refractivity (Wildman–Crippen MR) is 111 cm³/mol. The summed E-state index contributed by atoms with van der Waals surface area (Å²) >= 11 is 18.6. The molecule has 2 atom stereocenters. The van der Waals surface area contributed by atoms with E-state index >= 15 is 0 Å². The Labute approximate surface area is 165 Å². The Morgan fingerprint density at radius 2 is 2.04 bits per heavy atom. The lowest BCUT2D eigenvalue weighted by atomic mass is 9.96. The number of halogens is 3. The zero-order valence-corrected chi connectivity index (χ0v) is 17.0. The minimum absolute atomic E-state index is 0.0147. The van der Waals surface area contributed by atoms with E-state index in [0.29, 0.717) is 15.1 Å². The number of hydrogen-bond donors (Lipinski definition) is 0. The molecule has 0 saturated carbocycles. The van der Waals surface area contributed by atoms with E-state index in [1.54, 1.807) is 0 Å². The van der Waals surface area contributed by atoms with Crippen LogP contribution in [0.25, 0.3) is 0 Å². The summed E-state index contributed by atoms with van der Waals surface area (Å²) in [6, 6.07) is 5.98. The van der Waals surface area contributed by atoms with E-state index in [9.17, 15) is 0 Å². The van der Waals surface area contributed by atoms with Crippen LogP contribution < -0.4 is 0 Å². The van der Waals surface area contributed by atoms with Crippen molar-refractivity contribution < 1.29 is 0 Å². The number of hydrogen-bond acceptors (Lipinski definition) is 2.